The highest BCUT2D eigenvalue weighted by molar-refractivity contribution is 5.96. The number of carbonyl (C=O) groups excluding carboxylic acids is 1. The number of aromatic nitrogens is 1. The molecule has 0 atom stereocenters. The average molecular weight is 545 g/mol. The Kier molecular flexibility index (Phi) is 8.62. The molecule has 210 valence electrons. The maximum atomic E-state index is 12.6. The van der Waals surface area contributed by atoms with Crippen LogP contribution in [0.5, 0.6) is 11.6 Å². The van der Waals surface area contributed by atoms with Crippen LogP contribution in [0.1, 0.15) is 38.5 Å². The number of nitrogens with zero attached hydrogens (tertiary/aromatic N) is 2. The topological polar surface area (TPSA) is 69.8 Å². The first kappa shape index (κ1) is 27.3. The Hall–Kier alpha value is -3.24. The van der Waals surface area contributed by atoms with Crippen molar-refractivity contribution in [3.05, 3.63) is 48.5 Å². The smallest absolute Gasteiger partial charge is 0.406 e. The number of aromatic amines is 1. The van der Waals surface area contributed by atoms with Gasteiger partial charge in [-0.1, -0.05) is 37.1 Å². The summed E-state index contributed by atoms with van der Waals surface area (Å²) in [6.45, 7) is 6.54. The number of ether oxygens (including phenoxy) is 2. The van der Waals surface area contributed by atoms with Crippen LogP contribution in [-0.4, -0.2) is 72.5 Å². The molecule has 5 rings (SSSR count). The van der Waals surface area contributed by atoms with Crippen molar-refractivity contribution in [2.24, 2.45) is 0 Å². The third kappa shape index (κ3) is 7.67. The van der Waals surface area contributed by atoms with Gasteiger partial charge >= 0.3 is 12.5 Å². The van der Waals surface area contributed by atoms with Crippen molar-refractivity contribution < 1.29 is 27.4 Å². The van der Waals surface area contributed by atoms with Gasteiger partial charge in [-0.15, -0.1) is 13.2 Å². The summed E-state index contributed by atoms with van der Waals surface area (Å²) in [4.78, 5) is 20.8. The van der Waals surface area contributed by atoms with Gasteiger partial charge in [-0.2, -0.15) is 0 Å². The average Bonchev–Trinajstić information content (AvgIpc) is 3.13. The summed E-state index contributed by atoms with van der Waals surface area (Å²) < 4.78 is 47.0. The maximum Gasteiger partial charge on any atom is 0.573 e. The number of piperidine rings is 1. The Labute approximate surface area is 226 Å². The monoisotopic (exact) mass is 544 g/mol. The van der Waals surface area contributed by atoms with Gasteiger partial charge in [0.15, 0.2) is 0 Å². The fraction of sp³-hybridized carbons (Fsp3) is 0.483. The zero-order chi connectivity index (χ0) is 27.2. The molecule has 7 nitrogen and oxygen atoms in total. The molecule has 1 aromatic heterocycles. The Morgan fingerprint density at radius 3 is 2.26 bits per heavy atom. The van der Waals surface area contributed by atoms with Crippen LogP contribution in [-0.2, 0) is 0 Å². The van der Waals surface area contributed by atoms with Crippen LogP contribution in [0.2, 0.25) is 0 Å². The van der Waals surface area contributed by atoms with Crippen molar-refractivity contribution >= 4 is 17.0 Å². The van der Waals surface area contributed by atoms with Crippen LogP contribution in [0.3, 0.4) is 0 Å². The summed E-state index contributed by atoms with van der Waals surface area (Å²) in [5, 5.41) is 3.79. The van der Waals surface area contributed by atoms with Crippen molar-refractivity contribution in [2.45, 2.75) is 50.9 Å². The summed E-state index contributed by atoms with van der Waals surface area (Å²) in [7, 11) is 0. The SMILES string of the molecule is O=C(NC1CCN(CCN2CCCCCC2)CC1)Oc1cc2c(-c3ccc(OC(F)(F)F)cc3)cccc2[nH]1. The van der Waals surface area contributed by atoms with Crippen LogP contribution in [0, 0.1) is 0 Å². The summed E-state index contributed by atoms with van der Waals surface area (Å²) in [5.74, 6) is 0.0262. The van der Waals surface area contributed by atoms with Crippen molar-refractivity contribution in [3.8, 4) is 22.8 Å². The number of amides is 1. The predicted molar refractivity (Wildman–Crippen MR) is 144 cm³/mol. The molecule has 3 heterocycles. The molecular weight excluding hydrogens is 509 g/mol. The van der Waals surface area contributed by atoms with Gasteiger partial charge < -0.3 is 29.6 Å². The van der Waals surface area contributed by atoms with E-state index >= 15 is 0 Å². The van der Waals surface area contributed by atoms with E-state index in [9.17, 15) is 18.0 Å². The molecule has 0 aliphatic carbocycles. The number of rotatable bonds is 7. The molecule has 39 heavy (non-hydrogen) atoms. The van der Waals surface area contributed by atoms with Crippen LogP contribution in [0.4, 0.5) is 18.0 Å². The molecule has 3 aromatic rings. The van der Waals surface area contributed by atoms with E-state index in [1.165, 1.54) is 50.9 Å². The molecule has 2 aliphatic heterocycles. The van der Waals surface area contributed by atoms with Gasteiger partial charge in [-0.05, 0) is 68.1 Å². The van der Waals surface area contributed by atoms with E-state index in [1.54, 1.807) is 18.2 Å². The molecule has 0 unspecified atom stereocenters. The minimum atomic E-state index is -4.74. The van der Waals surface area contributed by atoms with Gasteiger partial charge in [-0.3, -0.25) is 0 Å². The number of H-pyrrole nitrogens is 1. The maximum absolute atomic E-state index is 12.6. The molecule has 1 amide bonds. The molecule has 2 fully saturated rings. The Morgan fingerprint density at radius 1 is 0.923 bits per heavy atom. The predicted octanol–water partition coefficient (Wildman–Crippen LogP) is 6.16. The number of likely N-dealkylation sites (tertiary alicyclic amines) is 2. The number of carbonyl (C=O) groups is 1. The summed E-state index contributed by atoms with van der Waals surface area (Å²) >= 11 is 0. The standard InChI is InChI=1S/C29H35F3N4O3/c30-29(31,32)39-23-10-8-21(9-11-23)24-6-5-7-26-25(24)20-27(34-26)38-28(37)33-22-12-16-36(17-13-22)19-18-35-14-3-1-2-4-15-35/h5-11,20,22,34H,1-4,12-19H2,(H,33,37). The van der Waals surface area contributed by atoms with Crippen molar-refractivity contribution in [1.82, 2.24) is 20.1 Å². The van der Waals surface area contributed by atoms with Gasteiger partial charge in [0, 0.05) is 49.2 Å². The minimum absolute atomic E-state index is 0.0734. The normalized spacial score (nSPS) is 18.1. The molecule has 2 aromatic carbocycles. The summed E-state index contributed by atoms with van der Waals surface area (Å²) in [6, 6.07) is 13.0. The quantitative estimate of drug-likeness (QED) is 0.373. The van der Waals surface area contributed by atoms with Crippen LogP contribution >= 0.6 is 0 Å². The second kappa shape index (κ2) is 12.3. The van der Waals surface area contributed by atoms with Crippen molar-refractivity contribution in [3.63, 3.8) is 0 Å². The third-order valence-electron chi connectivity index (χ3n) is 7.58. The molecule has 2 saturated heterocycles. The van der Waals surface area contributed by atoms with E-state index in [2.05, 4.69) is 24.8 Å². The number of nitrogens with one attached hydrogen (secondary N) is 2. The zero-order valence-corrected chi connectivity index (χ0v) is 21.9. The van der Waals surface area contributed by atoms with Crippen LogP contribution < -0.4 is 14.8 Å². The molecule has 0 bridgehead atoms. The van der Waals surface area contributed by atoms with Crippen LogP contribution in [0.15, 0.2) is 48.5 Å². The molecule has 10 heteroatoms. The van der Waals surface area contributed by atoms with Crippen molar-refractivity contribution in [1.29, 1.82) is 0 Å². The lowest BCUT2D eigenvalue weighted by atomic mass is 10.0. The fourth-order valence-corrected chi connectivity index (χ4v) is 5.51. The fourth-order valence-electron chi connectivity index (χ4n) is 5.51. The number of fused-ring (bicyclic) bond motifs is 1. The highest BCUT2D eigenvalue weighted by Gasteiger charge is 2.31. The zero-order valence-electron chi connectivity index (χ0n) is 21.9. The molecule has 2 N–H and O–H groups in total. The molecule has 0 radical (unpaired) electrons. The van der Waals surface area contributed by atoms with Crippen molar-refractivity contribution in [2.75, 3.05) is 39.3 Å². The number of alkyl halides is 3. The molecule has 0 saturated carbocycles. The Morgan fingerprint density at radius 2 is 1.59 bits per heavy atom. The largest absolute Gasteiger partial charge is 0.573 e. The third-order valence-corrected chi connectivity index (χ3v) is 7.58. The van der Waals surface area contributed by atoms with E-state index in [4.69, 9.17) is 4.74 Å². The molecule has 0 spiro atoms. The van der Waals surface area contributed by atoms with E-state index in [1.807, 2.05) is 18.2 Å². The highest BCUT2D eigenvalue weighted by atomic mass is 19.4. The van der Waals surface area contributed by atoms with Crippen LogP contribution in [0.25, 0.3) is 22.0 Å². The first-order valence-electron chi connectivity index (χ1n) is 13.7. The van der Waals surface area contributed by atoms with Gasteiger partial charge in [0.25, 0.3) is 0 Å². The number of hydrogen-bond acceptors (Lipinski definition) is 5. The van der Waals surface area contributed by atoms with E-state index in [0.29, 0.717) is 11.4 Å². The number of benzene rings is 2. The van der Waals surface area contributed by atoms with Gasteiger partial charge in [0.2, 0.25) is 5.88 Å². The minimum Gasteiger partial charge on any atom is -0.406 e. The Bertz CT molecular complexity index is 1230. The first-order chi connectivity index (χ1) is 18.8. The number of hydrogen-bond donors (Lipinski definition) is 2. The summed E-state index contributed by atoms with van der Waals surface area (Å²) in [5.41, 5.74) is 2.27. The van der Waals surface area contributed by atoms with Gasteiger partial charge in [-0.25, -0.2) is 4.79 Å². The second-order valence-electron chi connectivity index (χ2n) is 10.4. The second-order valence-corrected chi connectivity index (χ2v) is 10.4. The van der Waals surface area contributed by atoms with Gasteiger partial charge in [0.05, 0.1) is 0 Å². The number of halogens is 3. The van der Waals surface area contributed by atoms with E-state index in [0.717, 1.165) is 55.5 Å². The lowest BCUT2D eigenvalue weighted by Gasteiger charge is -2.33. The molecule has 2 aliphatic rings. The lowest BCUT2D eigenvalue weighted by Crippen LogP contribution is -2.47. The van der Waals surface area contributed by atoms with Gasteiger partial charge in [0.1, 0.15) is 5.75 Å². The first-order valence-corrected chi connectivity index (χ1v) is 13.7. The summed E-state index contributed by atoms with van der Waals surface area (Å²) in [6.07, 6.45) is 1.85. The Balaban J connectivity index is 1.13. The lowest BCUT2D eigenvalue weighted by molar-refractivity contribution is -0.274. The molecular formula is C29H35F3N4O3. The van der Waals surface area contributed by atoms with E-state index < -0.39 is 12.5 Å². The van der Waals surface area contributed by atoms with E-state index in [-0.39, 0.29) is 11.8 Å². The highest BCUT2D eigenvalue weighted by Crippen LogP contribution is 2.33.